The van der Waals surface area contributed by atoms with E-state index in [4.69, 9.17) is 33.2 Å². The molecule has 6 rings (SSSR count). The Balaban J connectivity index is 1.23. The summed E-state index contributed by atoms with van der Waals surface area (Å²) in [5.41, 5.74) is -2.94. The minimum absolute atomic E-state index is 0.0846. The van der Waals surface area contributed by atoms with Crippen LogP contribution in [0.25, 0.3) is 0 Å². The number of hydrogen-bond acceptors (Lipinski definition) is 18. The largest absolute Gasteiger partial charge is 0.459 e. The van der Waals surface area contributed by atoms with Gasteiger partial charge in [0.05, 0.1) is 60.3 Å². The number of hydrogen-bond donors (Lipinski definition) is 5. The SMILES string of the molecule is CC[C@H]1OC(=O)[C@H](C)[C@@H](O[C@H]2C[C@@](C)(OC)[C@@H](O)[C@H](C)O2)[C@H](C)[C@@H](O[C@@H]2O[C@H](C)C[C@H](N(C)CCc3cn(C[C@H]4CN(c5ccc(F)c(C)c5)C(=O)O4)nn3)[C@H]2O)[C@](C)(O)C[C@@H](C)CN(C)[C@H](C)[C@@H](O)[C@]1(C)O. The maximum atomic E-state index is 14.5. The van der Waals surface area contributed by atoms with Crippen molar-refractivity contribution >= 4 is 17.7 Å². The first-order valence-corrected chi connectivity index (χ1v) is 26.0. The van der Waals surface area contributed by atoms with E-state index in [1.807, 2.05) is 37.7 Å². The van der Waals surface area contributed by atoms with Crippen molar-refractivity contribution in [2.45, 2.75) is 211 Å². The Morgan fingerprint density at radius 3 is 2.32 bits per heavy atom. The lowest BCUT2D eigenvalue weighted by Crippen LogP contribution is -2.61. The highest BCUT2D eigenvalue weighted by Gasteiger charge is 2.53. The Morgan fingerprint density at radius 2 is 1.66 bits per heavy atom. The number of carbonyl (C=O) groups excluding carboxylic acids is 2. The monoisotopic (exact) mass is 1040 g/mol. The Kier molecular flexibility index (Phi) is 19.2. The lowest BCUT2D eigenvalue weighted by atomic mass is 9.77. The maximum absolute atomic E-state index is 14.5. The molecule has 0 aliphatic carbocycles. The van der Waals surface area contributed by atoms with Gasteiger partial charge in [-0.15, -0.1) is 5.10 Å². The molecule has 414 valence electrons. The number of esters is 1. The van der Waals surface area contributed by atoms with Crippen LogP contribution in [0.3, 0.4) is 0 Å². The fourth-order valence-electron chi connectivity index (χ4n) is 11.5. The van der Waals surface area contributed by atoms with E-state index in [0.29, 0.717) is 42.9 Å². The molecule has 1 amide bonds. The Bertz CT molecular complexity index is 2150. The average Bonchev–Trinajstić information content (AvgIpc) is 3.94. The summed E-state index contributed by atoms with van der Waals surface area (Å²) >= 11 is 0. The first-order valence-electron chi connectivity index (χ1n) is 26.0. The zero-order valence-corrected chi connectivity index (χ0v) is 45.4. The first kappa shape index (κ1) is 58.8. The van der Waals surface area contributed by atoms with Crippen LogP contribution in [0.5, 0.6) is 0 Å². The van der Waals surface area contributed by atoms with Gasteiger partial charge in [-0.1, -0.05) is 26.0 Å². The smallest absolute Gasteiger partial charge is 0.414 e. The Hall–Kier alpha value is -3.45. The molecule has 21 heteroatoms. The number of nitrogens with zero attached hydrogens (tertiary/aromatic N) is 6. The molecule has 1 aromatic heterocycles. The summed E-state index contributed by atoms with van der Waals surface area (Å²) in [6.45, 7) is 20.4. The van der Waals surface area contributed by atoms with Crippen molar-refractivity contribution in [3.05, 3.63) is 41.5 Å². The Labute approximate surface area is 430 Å². The van der Waals surface area contributed by atoms with E-state index in [2.05, 4.69) is 10.3 Å². The minimum Gasteiger partial charge on any atom is -0.459 e. The quantitative estimate of drug-likeness (QED) is 0.180. The zero-order valence-electron chi connectivity index (χ0n) is 45.4. The second kappa shape index (κ2) is 23.8. The van der Waals surface area contributed by atoms with Gasteiger partial charge in [-0.25, -0.2) is 13.9 Å². The first-order chi connectivity index (χ1) is 34.1. The van der Waals surface area contributed by atoms with Gasteiger partial charge in [0.15, 0.2) is 12.6 Å². The molecule has 0 saturated carbocycles. The molecule has 1 aromatic carbocycles. The molecule has 0 bridgehead atoms. The van der Waals surface area contributed by atoms with Crippen LogP contribution in [0.4, 0.5) is 14.9 Å². The predicted molar refractivity (Wildman–Crippen MR) is 266 cm³/mol. The summed E-state index contributed by atoms with van der Waals surface area (Å²) in [4.78, 5) is 32.6. The van der Waals surface area contributed by atoms with Crippen molar-refractivity contribution in [3.63, 3.8) is 0 Å². The second-order valence-corrected chi connectivity index (χ2v) is 22.4. The van der Waals surface area contributed by atoms with Crippen LogP contribution < -0.4 is 4.90 Å². The second-order valence-electron chi connectivity index (χ2n) is 22.4. The summed E-state index contributed by atoms with van der Waals surface area (Å²) in [5.74, 6) is -3.22. The number of carbonyl (C=O) groups is 2. The molecular formula is C52H85FN6O14. The molecule has 20 nitrogen and oxygen atoms in total. The third-order valence-electron chi connectivity index (χ3n) is 16.1. The number of aliphatic hydroxyl groups excluding tert-OH is 3. The van der Waals surface area contributed by atoms with Crippen LogP contribution in [0.15, 0.2) is 24.4 Å². The standard InChI is InChI=1S/C52H85FN6O14/c1-15-40-52(11,66)44(61)33(7)57(13)24-28(2)22-50(9,65)46(31(5)43(32(6)47(63)71-40)72-41-23-51(10,67-14)45(62)34(8)69-41)73-48-42(60)39(21-30(4)68-48)56(12)19-18-35-25-58(55-54-35)26-37-27-59(49(64)70-37)36-16-17-38(53)29(3)20-36/h16-17,20,25,28,30-34,37,39-46,48,60-62,65-66H,15,18-19,21-24,26-27H2,1-14H3/t28-,30-,31+,32-,33-,34+,37+,39+,40-,41+,42-,43+,44-,45+,46-,48+,50-,51-,52-/m1/s1. The molecule has 0 radical (unpaired) electrons. The maximum Gasteiger partial charge on any atom is 0.414 e. The van der Waals surface area contributed by atoms with E-state index in [9.17, 15) is 39.5 Å². The predicted octanol–water partition coefficient (Wildman–Crippen LogP) is 3.58. The lowest BCUT2D eigenvalue weighted by molar-refractivity contribution is -0.318. The van der Waals surface area contributed by atoms with Crippen molar-refractivity contribution in [3.8, 4) is 0 Å². The van der Waals surface area contributed by atoms with Crippen LogP contribution in [0, 0.1) is 30.5 Å². The number of cyclic esters (lactones) is 2. The number of halogens is 1. The van der Waals surface area contributed by atoms with Crippen LogP contribution in [-0.2, 0) is 50.9 Å². The van der Waals surface area contributed by atoms with Gasteiger partial charge in [0, 0.05) is 62.9 Å². The van der Waals surface area contributed by atoms with Crippen molar-refractivity contribution in [2.75, 3.05) is 45.7 Å². The number of rotatable bonds is 13. The highest BCUT2D eigenvalue weighted by atomic mass is 19.1. The molecule has 2 aromatic rings. The van der Waals surface area contributed by atoms with E-state index in [-0.39, 0.29) is 44.1 Å². The van der Waals surface area contributed by atoms with Crippen LogP contribution in [0.1, 0.15) is 106 Å². The highest BCUT2D eigenvalue weighted by molar-refractivity contribution is 5.89. The Morgan fingerprint density at radius 1 is 0.959 bits per heavy atom. The summed E-state index contributed by atoms with van der Waals surface area (Å²) < 4.78 is 59.4. The van der Waals surface area contributed by atoms with Gasteiger partial charge < -0.3 is 68.5 Å². The van der Waals surface area contributed by atoms with Gasteiger partial charge in [0.1, 0.15) is 41.9 Å². The molecule has 0 spiro atoms. The molecule has 4 fully saturated rings. The van der Waals surface area contributed by atoms with Crippen LogP contribution >= 0.6 is 0 Å². The van der Waals surface area contributed by atoms with Gasteiger partial charge in [0.2, 0.25) is 0 Å². The van der Waals surface area contributed by atoms with E-state index in [1.165, 1.54) is 25.0 Å². The van der Waals surface area contributed by atoms with E-state index < -0.39 is 120 Å². The molecule has 5 N–H and O–H groups in total. The number of benzene rings is 1. The van der Waals surface area contributed by atoms with Gasteiger partial charge in [-0.3, -0.25) is 9.69 Å². The van der Waals surface area contributed by atoms with Gasteiger partial charge in [-0.05, 0) is 118 Å². The average molecular weight is 1040 g/mol. The number of methoxy groups -OCH3 is 1. The fourth-order valence-corrected chi connectivity index (χ4v) is 11.5. The third kappa shape index (κ3) is 13.4. The number of aliphatic hydroxyl groups is 5. The number of amides is 1. The molecule has 4 saturated heterocycles. The van der Waals surface area contributed by atoms with Crippen molar-refractivity contribution in [1.82, 2.24) is 24.8 Å². The fraction of sp³-hybridized carbons (Fsp3) is 0.808. The van der Waals surface area contributed by atoms with Gasteiger partial charge >= 0.3 is 12.1 Å². The minimum atomic E-state index is -1.85. The van der Waals surface area contributed by atoms with Crippen molar-refractivity contribution in [2.24, 2.45) is 17.8 Å². The number of anilines is 1. The number of aromatic nitrogens is 3. The number of aryl methyl sites for hydroxylation is 1. The molecule has 4 aliphatic heterocycles. The van der Waals surface area contributed by atoms with Crippen molar-refractivity contribution in [1.29, 1.82) is 0 Å². The summed E-state index contributed by atoms with van der Waals surface area (Å²) in [6, 6.07) is 3.42. The lowest BCUT2D eigenvalue weighted by Gasteiger charge is -2.49. The normalized spacial score (nSPS) is 40.8. The molecule has 4 aliphatic rings. The van der Waals surface area contributed by atoms with E-state index >= 15 is 0 Å². The molecule has 5 heterocycles. The molecule has 19 atom stereocenters. The molecule has 0 unspecified atom stereocenters. The molecular weight excluding hydrogens is 952 g/mol. The molecule has 73 heavy (non-hydrogen) atoms. The number of ether oxygens (including phenoxy) is 7. The van der Waals surface area contributed by atoms with Crippen LogP contribution in [0.2, 0.25) is 0 Å². The summed E-state index contributed by atoms with van der Waals surface area (Å²) in [6.07, 6.45) is -8.18. The summed E-state index contributed by atoms with van der Waals surface area (Å²) in [5, 5.41) is 68.4. The topological polar surface area (TPSA) is 240 Å². The van der Waals surface area contributed by atoms with E-state index in [0.717, 1.165) is 0 Å². The zero-order chi connectivity index (χ0) is 54.1. The van der Waals surface area contributed by atoms with Gasteiger partial charge in [-0.2, -0.15) is 0 Å². The van der Waals surface area contributed by atoms with Gasteiger partial charge in [0.25, 0.3) is 0 Å². The number of likely N-dealkylation sites (N-methyl/N-ethyl adjacent to an activating group) is 2. The van der Waals surface area contributed by atoms with Crippen LogP contribution in [-0.4, -0.2) is 200 Å². The van der Waals surface area contributed by atoms with Crippen molar-refractivity contribution < 1.29 is 72.7 Å². The highest BCUT2D eigenvalue weighted by Crippen LogP contribution is 2.40. The third-order valence-corrected chi connectivity index (χ3v) is 16.1. The van der Waals surface area contributed by atoms with E-state index in [1.54, 1.807) is 78.4 Å². The summed E-state index contributed by atoms with van der Waals surface area (Å²) in [7, 11) is 5.21.